The van der Waals surface area contributed by atoms with Crippen LogP contribution >= 0.6 is 11.6 Å². The van der Waals surface area contributed by atoms with Crippen molar-refractivity contribution in [2.24, 2.45) is 0 Å². The van der Waals surface area contributed by atoms with Crippen LogP contribution in [0.5, 0.6) is 11.5 Å². The maximum Gasteiger partial charge on any atom is 0.416 e. The molecular formula is C26H24ClF3N2O4. The smallest absolute Gasteiger partial charge is 0.416 e. The van der Waals surface area contributed by atoms with E-state index in [2.05, 4.69) is 10.6 Å². The zero-order chi connectivity index (χ0) is 26.2. The maximum absolute atomic E-state index is 13.7. The molecule has 0 fully saturated rings. The van der Waals surface area contributed by atoms with Crippen molar-refractivity contribution in [2.75, 3.05) is 19.5 Å². The lowest BCUT2D eigenvalue weighted by atomic mass is 9.74. The van der Waals surface area contributed by atoms with Crippen LogP contribution in [0.15, 0.2) is 58.9 Å². The van der Waals surface area contributed by atoms with Crippen LogP contribution in [0.2, 0.25) is 5.02 Å². The molecule has 1 heterocycles. The van der Waals surface area contributed by atoms with E-state index in [4.69, 9.17) is 21.1 Å². The van der Waals surface area contributed by atoms with Crippen LogP contribution in [0.1, 0.15) is 43.2 Å². The molecule has 0 unspecified atom stereocenters. The minimum Gasteiger partial charge on any atom is -0.497 e. The number of Topliss-reactive ketones (excluding diaryl/α,β-unsaturated/α-hetero) is 1. The first-order valence-electron chi connectivity index (χ1n) is 11.2. The number of carbonyl (C=O) groups excluding carboxylic acids is 2. The number of ether oxygens (including phenoxy) is 2. The van der Waals surface area contributed by atoms with Crippen LogP contribution in [-0.4, -0.2) is 25.9 Å². The van der Waals surface area contributed by atoms with Gasteiger partial charge in [0.25, 0.3) is 5.91 Å². The van der Waals surface area contributed by atoms with Crippen LogP contribution in [0.25, 0.3) is 0 Å². The molecule has 2 N–H and O–H groups in total. The fraction of sp³-hybridized carbons (Fsp3) is 0.308. The van der Waals surface area contributed by atoms with E-state index in [-0.39, 0.29) is 22.1 Å². The Morgan fingerprint density at radius 2 is 1.86 bits per heavy atom. The van der Waals surface area contributed by atoms with E-state index < -0.39 is 23.6 Å². The first-order chi connectivity index (χ1) is 17.0. The molecule has 36 heavy (non-hydrogen) atoms. The number of benzene rings is 2. The molecule has 0 spiro atoms. The minimum absolute atomic E-state index is 0.0532. The number of anilines is 1. The Balaban J connectivity index is 1.85. The summed E-state index contributed by atoms with van der Waals surface area (Å²) in [5.41, 5.74) is 1.17. The molecular weight excluding hydrogens is 497 g/mol. The summed E-state index contributed by atoms with van der Waals surface area (Å²) in [6.07, 6.45) is -3.01. The van der Waals surface area contributed by atoms with Crippen molar-refractivity contribution in [2.45, 2.75) is 38.3 Å². The molecule has 1 aliphatic carbocycles. The number of allylic oxidation sites excluding steroid dienone is 3. The largest absolute Gasteiger partial charge is 0.497 e. The predicted octanol–water partition coefficient (Wildman–Crippen LogP) is 5.98. The normalized spacial score (nSPS) is 18.0. The molecule has 10 heteroatoms. The molecule has 0 radical (unpaired) electrons. The van der Waals surface area contributed by atoms with E-state index in [1.54, 1.807) is 25.1 Å². The Morgan fingerprint density at radius 3 is 2.53 bits per heavy atom. The highest BCUT2D eigenvalue weighted by atomic mass is 35.5. The summed E-state index contributed by atoms with van der Waals surface area (Å²) in [4.78, 5) is 26.8. The molecule has 4 rings (SSSR count). The molecule has 2 aromatic carbocycles. The van der Waals surface area contributed by atoms with Crippen LogP contribution < -0.4 is 20.1 Å². The molecule has 6 nitrogen and oxygen atoms in total. The molecule has 1 atom stereocenters. The van der Waals surface area contributed by atoms with Crippen LogP contribution in [-0.2, 0) is 15.8 Å². The monoisotopic (exact) mass is 520 g/mol. The van der Waals surface area contributed by atoms with Gasteiger partial charge in [0.1, 0.15) is 11.5 Å². The second-order valence-electron chi connectivity index (χ2n) is 8.52. The van der Waals surface area contributed by atoms with Gasteiger partial charge in [-0.2, -0.15) is 13.2 Å². The minimum atomic E-state index is -4.61. The summed E-state index contributed by atoms with van der Waals surface area (Å²) in [5, 5.41) is 5.65. The number of carbonyl (C=O) groups is 2. The number of rotatable bonds is 5. The van der Waals surface area contributed by atoms with Crippen LogP contribution in [0.3, 0.4) is 0 Å². The van der Waals surface area contributed by atoms with E-state index in [9.17, 15) is 22.8 Å². The molecule has 2 aromatic rings. The van der Waals surface area contributed by atoms with Crippen LogP contribution in [0, 0.1) is 0 Å². The SMILES string of the molecule is COc1ccc(OC)c([C@@H]2C(C(=O)Nc3cc(C(F)(F)F)ccc3Cl)=C(C)NC3=C2C(=O)CCC3)c1. The third kappa shape index (κ3) is 4.80. The Bertz CT molecular complexity index is 1300. The number of nitrogens with one attached hydrogen (secondary N) is 2. The van der Waals surface area contributed by atoms with Gasteiger partial charge in [0.2, 0.25) is 0 Å². The summed E-state index contributed by atoms with van der Waals surface area (Å²) < 4.78 is 50.8. The second kappa shape index (κ2) is 9.89. The van der Waals surface area contributed by atoms with Gasteiger partial charge < -0.3 is 20.1 Å². The van der Waals surface area contributed by atoms with Gasteiger partial charge in [-0.15, -0.1) is 0 Å². The lowest BCUT2D eigenvalue weighted by molar-refractivity contribution is -0.137. The van der Waals surface area contributed by atoms with Gasteiger partial charge in [0.05, 0.1) is 36.4 Å². The second-order valence-corrected chi connectivity index (χ2v) is 8.93. The van der Waals surface area contributed by atoms with E-state index in [0.29, 0.717) is 53.3 Å². The first kappa shape index (κ1) is 25.6. The van der Waals surface area contributed by atoms with E-state index in [1.807, 2.05) is 0 Å². The summed E-state index contributed by atoms with van der Waals surface area (Å²) in [6.45, 7) is 1.69. The lowest BCUT2D eigenvalue weighted by Gasteiger charge is -2.35. The zero-order valence-corrected chi connectivity index (χ0v) is 20.6. The number of ketones is 1. The van der Waals surface area contributed by atoms with Gasteiger partial charge in [-0.05, 0) is 56.2 Å². The lowest BCUT2D eigenvalue weighted by Crippen LogP contribution is -2.35. The van der Waals surface area contributed by atoms with Gasteiger partial charge in [-0.3, -0.25) is 9.59 Å². The van der Waals surface area contributed by atoms with Crippen molar-refractivity contribution in [3.05, 3.63) is 75.1 Å². The topological polar surface area (TPSA) is 76.7 Å². The van der Waals surface area contributed by atoms with Gasteiger partial charge in [-0.1, -0.05) is 11.6 Å². The van der Waals surface area contributed by atoms with Crippen molar-refractivity contribution in [3.8, 4) is 11.5 Å². The number of dihydropyridines is 1. The third-order valence-corrected chi connectivity index (χ3v) is 6.64. The van der Waals surface area contributed by atoms with Gasteiger partial charge >= 0.3 is 6.18 Å². The highest BCUT2D eigenvalue weighted by Crippen LogP contribution is 2.46. The predicted molar refractivity (Wildman–Crippen MR) is 129 cm³/mol. The number of hydrogen-bond acceptors (Lipinski definition) is 5. The van der Waals surface area contributed by atoms with Crippen molar-refractivity contribution in [1.29, 1.82) is 0 Å². The van der Waals surface area contributed by atoms with Crippen molar-refractivity contribution in [1.82, 2.24) is 5.32 Å². The average molecular weight is 521 g/mol. The van der Waals surface area contributed by atoms with Gasteiger partial charge in [0, 0.05) is 34.5 Å². The number of alkyl halides is 3. The summed E-state index contributed by atoms with van der Waals surface area (Å²) in [7, 11) is 2.97. The van der Waals surface area contributed by atoms with E-state index >= 15 is 0 Å². The van der Waals surface area contributed by atoms with Gasteiger partial charge in [-0.25, -0.2) is 0 Å². The molecule has 0 aromatic heterocycles. The fourth-order valence-electron chi connectivity index (χ4n) is 4.65. The number of amides is 1. The van der Waals surface area contributed by atoms with E-state index in [0.717, 1.165) is 18.2 Å². The highest BCUT2D eigenvalue weighted by molar-refractivity contribution is 6.34. The van der Waals surface area contributed by atoms with Gasteiger partial charge in [0.15, 0.2) is 5.78 Å². The zero-order valence-electron chi connectivity index (χ0n) is 19.8. The number of halogens is 4. The Kier molecular flexibility index (Phi) is 7.04. The standard InChI is InChI=1S/C26H24ClF3N2O4/c1-13-22(25(34)32-19-11-14(26(28,29)30)7-9-17(19)27)23(24-18(31-13)5-4-6-20(24)33)16-12-15(35-2)8-10-21(16)36-3/h7-12,23,31H,4-6H2,1-3H3,(H,32,34)/t23-/m1/s1. The summed E-state index contributed by atoms with van der Waals surface area (Å²) >= 11 is 6.13. The summed E-state index contributed by atoms with van der Waals surface area (Å²) in [6, 6.07) is 7.77. The molecule has 0 bridgehead atoms. The quantitative estimate of drug-likeness (QED) is 0.507. The molecule has 1 aliphatic heterocycles. The van der Waals surface area contributed by atoms with Crippen molar-refractivity contribution < 1.29 is 32.2 Å². The van der Waals surface area contributed by atoms with Crippen molar-refractivity contribution >= 4 is 29.0 Å². The van der Waals surface area contributed by atoms with E-state index in [1.165, 1.54) is 14.2 Å². The average Bonchev–Trinajstić information content (AvgIpc) is 2.83. The van der Waals surface area contributed by atoms with Crippen LogP contribution in [0.4, 0.5) is 18.9 Å². The first-order valence-corrected chi connectivity index (χ1v) is 11.6. The Labute approximate surface area is 211 Å². The number of hydrogen-bond donors (Lipinski definition) is 2. The maximum atomic E-state index is 13.7. The molecule has 190 valence electrons. The molecule has 0 saturated heterocycles. The summed E-state index contributed by atoms with van der Waals surface area (Å²) in [5.74, 6) is -0.714. The fourth-order valence-corrected chi connectivity index (χ4v) is 4.81. The van der Waals surface area contributed by atoms with Crippen molar-refractivity contribution in [3.63, 3.8) is 0 Å². The Hall–Kier alpha value is -3.46. The third-order valence-electron chi connectivity index (χ3n) is 6.31. The molecule has 2 aliphatic rings. The highest BCUT2D eigenvalue weighted by Gasteiger charge is 2.40. The molecule has 1 amide bonds. The Morgan fingerprint density at radius 1 is 1.11 bits per heavy atom. The number of methoxy groups -OCH3 is 2. The molecule has 0 saturated carbocycles.